The van der Waals surface area contributed by atoms with Crippen LogP contribution in [0.4, 0.5) is 8.78 Å². The van der Waals surface area contributed by atoms with Crippen LogP contribution in [-0.4, -0.2) is 9.13 Å². The molecule has 0 unspecified atom stereocenters. The van der Waals surface area contributed by atoms with Crippen molar-refractivity contribution < 1.29 is 8.78 Å². The van der Waals surface area contributed by atoms with Gasteiger partial charge in [0.1, 0.15) is 11.6 Å². The summed E-state index contributed by atoms with van der Waals surface area (Å²) < 4.78 is 32.3. The van der Waals surface area contributed by atoms with Gasteiger partial charge >= 0.3 is 0 Å². The lowest BCUT2D eigenvalue weighted by atomic mass is 9.87. The molecule has 0 aliphatic heterocycles. The van der Waals surface area contributed by atoms with E-state index in [9.17, 15) is 8.78 Å². The van der Waals surface area contributed by atoms with E-state index in [0.717, 1.165) is 66.1 Å². The molecule has 2 nitrogen and oxygen atoms in total. The normalized spacial score (nSPS) is 11.8. The fourth-order valence-electron chi connectivity index (χ4n) is 9.59. The van der Waals surface area contributed by atoms with E-state index < -0.39 is 0 Å². The Morgan fingerprint density at radius 3 is 0.967 bits per heavy atom. The molecule has 0 atom stereocenters. The van der Waals surface area contributed by atoms with Crippen LogP contribution in [0.1, 0.15) is 0 Å². The quantitative estimate of drug-likeness (QED) is 0.165. The molecule has 12 aromatic rings. The zero-order valence-corrected chi connectivity index (χ0v) is 32.3. The average Bonchev–Trinajstić information content (AvgIpc) is 3.81. The van der Waals surface area contributed by atoms with Crippen molar-refractivity contribution in [2.24, 2.45) is 0 Å². The Kier molecular flexibility index (Phi) is 7.63. The maximum atomic E-state index is 14.0. The molecule has 0 bridgehead atoms. The van der Waals surface area contributed by atoms with Crippen LogP contribution in [0.15, 0.2) is 206 Å². The zero-order chi connectivity index (χ0) is 39.9. The van der Waals surface area contributed by atoms with Crippen LogP contribution >= 0.6 is 0 Å². The van der Waals surface area contributed by atoms with E-state index in [-0.39, 0.29) is 11.6 Å². The van der Waals surface area contributed by atoms with Gasteiger partial charge in [-0.1, -0.05) is 121 Å². The lowest BCUT2D eigenvalue weighted by Gasteiger charge is -2.16. The van der Waals surface area contributed by atoms with Crippen molar-refractivity contribution in [1.29, 1.82) is 0 Å². The molecule has 2 heterocycles. The van der Waals surface area contributed by atoms with Crippen LogP contribution in [-0.2, 0) is 0 Å². The minimum Gasteiger partial charge on any atom is -0.309 e. The van der Waals surface area contributed by atoms with Gasteiger partial charge in [-0.15, -0.1) is 0 Å². The first-order valence-electron chi connectivity index (χ1n) is 20.2. The van der Waals surface area contributed by atoms with Crippen molar-refractivity contribution in [3.05, 3.63) is 218 Å². The van der Waals surface area contributed by atoms with Gasteiger partial charge in [0, 0.05) is 32.9 Å². The topological polar surface area (TPSA) is 9.86 Å². The second-order valence-corrected chi connectivity index (χ2v) is 15.5. The summed E-state index contributed by atoms with van der Waals surface area (Å²) in [7, 11) is 0. The summed E-state index contributed by atoms with van der Waals surface area (Å²) >= 11 is 0. The van der Waals surface area contributed by atoms with Gasteiger partial charge in [0.25, 0.3) is 0 Å². The third-order valence-electron chi connectivity index (χ3n) is 12.3. The molecule has 0 saturated heterocycles. The molecule has 4 heteroatoms. The Morgan fingerprint density at radius 2 is 0.567 bits per heavy atom. The van der Waals surface area contributed by atoms with Gasteiger partial charge in [-0.2, -0.15) is 0 Å². The highest BCUT2D eigenvalue weighted by Gasteiger charge is 2.18. The fourth-order valence-corrected chi connectivity index (χ4v) is 9.59. The summed E-state index contributed by atoms with van der Waals surface area (Å²) in [6.07, 6.45) is 0. The maximum Gasteiger partial charge on any atom is 0.123 e. The molecular weight excluding hydrogens is 739 g/mol. The first-order chi connectivity index (χ1) is 29.6. The zero-order valence-electron chi connectivity index (χ0n) is 32.3. The van der Waals surface area contributed by atoms with Gasteiger partial charge in [-0.3, -0.25) is 0 Å². The Balaban J connectivity index is 0.992. The molecule has 0 amide bonds. The highest BCUT2D eigenvalue weighted by molar-refractivity contribution is 6.16. The first-order valence-corrected chi connectivity index (χ1v) is 20.2. The van der Waals surface area contributed by atoms with Gasteiger partial charge in [0.2, 0.25) is 0 Å². The summed E-state index contributed by atoms with van der Waals surface area (Å²) in [5.74, 6) is -0.493. The van der Waals surface area contributed by atoms with Gasteiger partial charge in [-0.25, -0.2) is 8.78 Å². The molecule has 2 aromatic heterocycles. The smallest absolute Gasteiger partial charge is 0.123 e. The standard InChI is InChI=1S/C56H34F2N2/c57-37-19-23-39(24-20-37)59-53-15-7-5-13-49(53)51-33-35(17-31-55(51)59)41-27-29-47(45-11-3-1-9-43(41)45)48-30-28-42(44-10-2-4-12-46(44)48)36-18-32-56-52(34-36)50-14-6-8-16-54(50)60(56)40-25-21-38(58)22-26-40/h1-34H. The Hall–Kier alpha value is -7.82. The Labute approximate surface area is 344 Å². The van der Waals surface area contributed by atoms with E-state index in [2.05, 4.69) is 167 Å². The van der Waals surface area contributed by atoms with E-state index >= 15 is 0 Å². The molecule has 0 saturated carbocycles. The Bertz CT molecular complexity index is 3420. The van der Waals surface area contributed by atoms with E-state index in [1.807, 2.05) is 24.3 Å². The van der Waals surface area contributed by atoms with Crippen molar-refractivity contribution >= 4 is 65.2 Å². The largest absolute Gasteiger partial charge is 0.309 e. The molecule has 0 N–H and O–H groups in total. The summed E-state index contributed by atoms with van der Waals surface area (Å²) in [4.78, 5) is 0. The molecule has 0 spiro atoms. The van der Waals surface area contributed by atoms with Crippen LogP contribution in [0, 0.1) is 11.6 Å². The number of aromatic nitrogens is 2. The van der Waals surface area contributed by atoms with Gasteiger partial charge in [0.15, 0.2) is 0 Å². The SMILES string of the molecule is Fc1ccc(-n2c3ccccc3c3cc(-c4ccc(-c5ccc(-c6ccc7c(c6)c6ccccc6n7-c6ccc(F)cc6)c6ccccc56)c5ccccc45)ccc32)cc1. The minimum absolute atomic E-state index is 0.247. The van der Waals surface area contributed by atoms with Gasteiger partial charge in [0.05, 0.1) is 22.1 Å². The summed E-state index contributed by atoms with van der Waals surface area (Å²) in [6, 6.07) is 70.3. The average molecular weight is 773 g/mol. The third-order valence-corrected chi connectivity index (χ3v) is 12.3. The number of hydrogen-bond acceptors (Lipinski definition) is 0. The monoisotopic (exact) mass is 772 g/mol. The fraction of sp³-hybridized carbons (Fsp3) is 0. The van der Waals surface area contributed by atoms with Crippen molar-refractivity contribution in [1.82, 2.24) is 9.13 Å². The van der Waals surface area contributed by atoms with Crippen LogP contribution in [0.3, 0.4) is 0 Å². The van der Waals surface area contributed by atoms with Crippen LogP contribution in [0.5, 0.6) is 0 Å². The number of halogens is 2. The lowest BCUT2D eigenvalue weighted by molar-refractivity contribution is 0.627. The summed E-state index contributed by atoms with van der Waals surface area (Å²) in [6.45, 7) is 0. The number of benzene rings is 10. The highest BCUT2D eigenvalue weighted by Crippen LogP contribution is 2.43. The number of para-hydroxylation sites is 2. The summed E-state index contributed by atoms with van der Waals surface area (Å²) in [5.41, 5.74) is 13.2. The molecule has 0 fully saturated rings. The minimum atomic E-state index is -0.247. The number of rotatable bonds is 5. The van der Waals surface area contributed by atoms with Crippen LogP contribution in [0.2, 0.25) is 0 Å². The van der Waals surface area contributed by atoms with E-state index in [1.54, 1.807) is 0 Å². The molecular formula is C56H34F2N2. The van der Waals surface area contributed by atoms with Crippen LogP contribution < -0.4 is 0 Å². The second-order valence-electron chi connectivity index (χ2n) is 15.5. The molecule has 60 heavy (non-hydrogen) atoms. The molecule has 282 valence electrons. The second kappa shape index (κ2) is 13.4. The molecule has 12 rings (SSSR count). The van der Waals surface area contributed by atoms with E-state index in [4.69, 9.17) is 0 Å². The molecule has 0 aliphatic carbocycles. The highest BCUT2D eigenvalue weighted by atomic mass is 19.1. The van der Waals surface area contributed by atoms with Crippen molar-refractivity contribution in [3.63, 3.8) is 0 Å². The number of hydrogen-bond donors (Lipinski definition) is 0. The van der Waals surface area contributed by atoms with Crippen LogP contribution in [0.25, 0.3) is 110 Å². The lowest BCUT2D eigenvalue weighted by Crippen LogP contribution is -1.94. The molecule has 0 aliphatic rings. The van der Waals surface area contributed by atoms with Crippen molar-refractivity contribution in [2.75, 3.05) is 0 Å². The summed E-state index contributed by atoms with van der Waals surface area (Å²) in [5, 5.41) is 9.38. The predicted molar refractivity (Wildman–Crippen MR) is 246 cm³/mol. The number of nitrogens with zero attached hydrogens (tertiary/aromatic N) is 2. The van der Waals surface area contributed by atoms with Gasteiger partial charge < -0.3 is 9.13 Å². The van der Waals surface area contributed by atoms with Gasteiger partial charge in [-0.05, 0) is 140 Å². The van der Waals surface area contributed by atoms with E-state index in [0.29, 0.717) is 0 Å². The van der Waals surface area contributed by atoms with Crippen molar-refractivity contribution in [2.45, 2.75) is 0 Å². The number of fused-ring (bicyclic) bond motifs is 8. The first kappa shape index (κ1) is 34.2. The third kappa shape index (κ3) is 5.24. The predicted octanol–water partition coefficient (Wildman–Crippen LogP) is 15.5. The molecule has 10 aromatic carbocycles. The van der Waals surface area contributed by atoms with E-state index in [1.165, 1.54) is 68.1 Å². The Morgan fingerprint density at radius 1 is 0.250 bits per heavy atom. The van der Waals surface area contributed by atoms with Crippen molar-refractivity contribution in [3.8, 4) is 44.8 Å². The maximum absolute atomic E-state index is 14.0. The molecule has 0 radical (unpaired) electrons.